The maximum absolute atomic E-state index is 12.6. The molecule has 7 nitrogen and oxygen atoms in total. The Morgan fingerprint density at radius 1 is 0.971 bits per heavy atom. The fourth-order valence-electron chi connectivity index (χ4n) is 3.98. The van der Waals surface area contributed by atoms with Crippen LogP contribution in [0.4, 0.5) is 0 Å². The first kappa shape index (κ1) is 21.6. The molecule has 170 valence electrons. The van der Waals surface area contributed by atoms with Gasteiger partial charge in [-0.3, -0.25) is 4.79 Å². The van der Waals surface area contributed by atoms with Crippen molar-refractivity contribution in [3.63, 3.8) is 0 Å². The lowest BCUT2D eigenvalue weighted by molar-refractivity contribution is 0.374. The number of pyridine rings is 1. The minimum Gasteiger partial charge on any atom is -0.506 e. The lowest BCUT2D eigenvalue weighted by atomic mass is 9.98. The number of nitrogens with zero attached hydrogens (tertiary/aromatic N) is 1. The number of phenolic OH excluding ortho intramolecular Hbond substituents is 1. The number of aromatic nitrogens is 2. The van der Waals surface area contributed by atoms with Crippen LogP contribution in [0.3, 0.4) is 0 Å². The molecular weight excluding hydrogens is 456 g/mol. The van der Waals surface area contributed by atoms with Crippen molar-refractivity contribution in [2.24, 2.45) is 0 Å². The van der Waals surface area contributed by atoms with E-state index in [1.165, 1.54) is 7.11 Å². The normalized spacial score (nSPS) is 11.1. The van der Waals surface area contributed by atoms with Crippen molar-refractivity contribution >= 4 is 22.5 Å². The monoisotopic (exact) mass is 474 g/mol. The molecule has 0 fully saturated rings. The zero-order chi connectivity index (χ0) is 24.0. The molecule has 0 aliphatic carbocycles. The fourth-order valence-corrected chi connectivity index (χ4v) is 4.25. The van der Waals surface area contributed by atoms with E-state index in [1.54, 1.807) is 43.3 Å². The summed E-state index contributed by atoms with van der Waals surface area (Å²) in [6.45, 7) is 1.73. The maximum Gasteiger partial charge on any atom is 0.263 e. The smallest absolute Gasteiger partial charge is 0.263 e. The number of aromatic hydroxyl groups is 2. The third-order valence-electron chi connectivity index (χ3n) is 5.67. The SMILES string of the molecule is COc1cccc(-c2ccc(-c3cc4c(O)c(-c5cc(C)no5)c(=O)[nH]c4cc3Cl)cc2)c1O. The van der Waals surface area contributed by atoms with Crippen LogP contribution < -0.4 is 10.3 Å². The highest BCUT2D eigenvalue weighted by atomic mass is 35.5. The van der Waals surface area contributed by atoms with E-state index in [0.717, 1.165) is 11.1 Å². The Labute approximate surface area is 198 Å². The Kier molecular flexibility index (Phi) is 5.26. The standard InChI is InChI=1S/C26H19ClN2O5/c1-13-10-22(34-29-13)23-25(31)18-11-17(19(27)12-20(18)28-26(23)32)15-8-6-14(7-9-15)16-4-3-5-21(33-2)24(16)30/h3-12,30H,1-2H3,(H2,28,31,32). The minimum absolute atomic E-state index is 0.00483. The lowest BCUT2D eigenvalue weighted by Crippen LogP contribution is -2.09. The molecule has 2 aromatic heterocycles. The minimum atomic E-state index is -0.507. The van der Waals surface area contributed by atoms with Gasteiger partial charge < -0.3 is 24.5 Å². The van der Waals surface area contributed by atoms with Gasteiger partial charge in [-0.05, 0) is 36.2 Å². The molecule has 5 aromatic rings. The molecule has 0 aliphatic heterocycles. The van der Waals surface area contributed by atoms with Crippen molar-refractivity contribution in [1.29, 1.82) is 0 Å². The molecule has 0 radical (unpaired) electrons. The van der Waals surface area contributed by atoms with Crippen LogP contribution in [0.15, 0.2) is 70.0 Å². The number of ether oxygens (including phenoxy) is 1. The van der Waals surface area contributed by atoms with Gasteiger partial charge >= 0.3 is 0 Å². The molecule has 0 unspecified atom stereocenters. The molecule has 0 atom stereocenters. The highest BCUT2D eigenvalue weighted by molar-refractivity contribution is 6.34. The third kappa shape index (κ3) is 3.56. The average molecular weight is 475 g/mol. The van der Waals surface area contributed by atoms with Crippen LogP contribution in [-0.4, -0.2) is 27.5 Å². The highest BCUT2D eigenvalue weighted by Crippen LogP contribution is 2.40. The first-order valence-corrected chi connectivity index (χ1v) is 10.7. The number of methoxy groups -OCH3 is 1. The Morgan fingerprint density at radius 2 is 1.68 bits per heavy atom. The third-order valence-corrected chi connectivity index (χ3v) is 5.99. The van der Waals surface area contributed by atoms with Gasteiger partial charge in [0, 0.05) is 22.6 Å². The summed E-state index contributed by atoms with van der Waals surface area (Å²) in [5.74, 6) is 0.412. The number of halogens is 1. The predicted octanol–water partition coefficient (Wildman–Crippen LogP) is 5.90. The van der Waals surface area contributed by atoms with E-state index < -0.39 is 5.56 Å². The lowest BCUT2D eigenvalue weighted by Gasteiger charge is -2.12. The number of rotatable bonds is 4. The number of benzene rings is 3. The topological polar surface area (TPSA) is 109 Å². The van der Waals surface area contributed by atoms with E-state index in [9.17, 15) is 15.0 Å². The summed E-state index contributed by atoms with van der Waals surface area (Å²) in [6.07, 6.45) is 0. The molecule has 0 amide bonds. The van der Waals surface area contributed by atoms with E-state index >= 15 is 0 Å². The molecule has 0 saturated heterocycles. The quantitative estimate of drug-likeness (QED) is 0.299. The van der Waals surface area contributed by atoms with E-state index in [4.69, 9.17) is 20.9 Å². The van der Waals surface area contributed by atoms with Crippen LogP contribution in [0, 0.1) is 6.92 Å². The molecule has 5 rings (SSSR count). The number of nitrogens with one attached hydrogen (secondary N) is 1. The van der Waals surface area contributed by atoms with Crippen LogP contribution in [-0.2, 0) is 0 Å². The summed E-state index contributed by atoms with van der Waals surface area (Å²) in [6, 6.07) is 17.6. The predicted molar refractivity (Wildman–Crippen MR) is 131 cm³/mol. The second kappa shape index (κ2) is 8.28. The van der Waals surface area contributed by atoms with E-state index in [-0.39, 0.29) is 22.8 Å². The summed E-state index contributed by atoms with van der Waals surface area (Å²) < 4.78 is 10.4. The molecule has 0 spiro atoms. The van der Waals surface area contributed by atoms with Crippen molar-refractivity contribution < 1.29 is 19.5 Å². The average Bonchev–Trinajstić information content (AvgIpc) is 3.25. The Morgan fingerprint density at radius 3 is 2.32 bits per heavy atom. The molecule has 2 heterocycles. The Hall–Kier alpha value is -4.23. The van der Waals surface area contributed by atoms with Crippen molar-refractivity contribution in [2.75, 3.05) is 7.11 Å². The van der Waals surface area contributed by atoms with Gasteiger partial charge in [-0.25, -0.2) is 0 Å². The molecule has 0 bridgehead atoms. The Balaban J connectivity index is 1.61. The second-order valence-electron chi connectivity index (χ2n) is 7.82. The maximum atomic E-state index is 12.6. The molecular formula is C26H19ClN2O5. The van der Waals surface area contributed by atoms with E-state index in [0.29, 0.717) is 38.5 Å². The number of hydrogen-bond donors (Lipinski definition) is 3. The van der Waals surface area contributed by atoms with Gasteiger partial charge in [-0.2, -0.15) is 0 Å². The van der Waals surface area contributed by atoms with Crippen LogP contribution in [0.25, 0.3) is 44.5 Å². The number of hydrogen-bond acceptors (Lipinski definition) is 6. The van der Waals surface area contributed by atoms with Crippen molar-refractivity contribution in [3.8, 4) is 50.8 Å². The summed E-state index contributed by atoms with van der Waals surface area (Å²) in [5.41, 5.74) is 3.38. The van der Waals surface area contributed by atoms with E-state index in [2.05, 4.69) is 10.1 Å². The summed E-state index contributed by atoms with van der Waals surface area (Å²) in [5, 5.41) is 26.0. The number of aryl methyl sites for hydroxylation is 1. The molecule has 3 aromatic carbocycles. The molecule has 8 heteroatoms. The van der Waals surface area contributed by atoms with Crippen molar-refractivity contribution in [2.45, 2.75) is 6.92 Å². The largest absolute Gasteiger partial charge is 0.506 e. The van der Waals surface area contributed by atoms with Gasteiger partial charge in [0.1, 0.15) is 11.3 Å². The number of H-pyrrole nitrogens is 1. The summed E-state index contributed by atoms with van der Waals surface area (Å²) in [7, 11) is 1.50. The van der Waals surface area contributed by atoms with Gasteiger partial charge in [0.2, 0.25) is 0 Å². The Bertz CT molecular complexity index is 1600. The molecule has 3 N–H and O–H groups in total. The van der Waals surface area contributed by atoms with Crippen molar-refractivity contribution in [1.82, 2.24) is 10.1 Å². The first-order valence-electron chi connectivity index (χ1n) is 10.4. The molecule has 0 aliphatic rings. The zero-order valence-electron chi connectivity index (χ0n) is 18.2. The van der Waals surface area contributed by atoms with Crippen LogP contribution in [0.2, 0.25) is 5.02 Å². The summed E-state index contributed by atoms with van der Waals surface area (Å²) >= 11 is 6.54. The first-order chi connectivity index (χ1) is 16.4. The van der Waals surface area contributed by atoms with Crippen LogP contribution >= 0.6 is 11.6 Å². The number of aromatic amines is 1. The van der Waals surface area contributed by atoms with Gasteiger partial charge in [0.05, 0.1) is 23.3 Å². The van der Waals surface area contributed by atoms with Gasteiger partial charge in [0.15, 0.2) is 17.3 Å². The number of phenols is 1. The van der Waals surface area contributed by atoms with E-state index in [1.807, 2.05) is 24.3 Å². The number of fused-ring (bicyclic) bond motifs is 1. The van der Waals surface area contributed by atoms with Gasteiger partial charge in [0.25, 0.3) is 5.56 Å². The van der Waals surface area contributed by atoms with Crippen LogP contribution in [0.1, 0.15) is 5.69 Å². The fraction of sp³-hybridized carbons (Fsp3) is 0.0769. The molecule has 0 saturated carbocycles. The number of para-hydroxylation sites is 1. The zero-order valence-corrected chi connectivity index (χ0v) is 19.0. The second-order valence-corrected chi connectivity index (χ2v) is 8.23. The summed E-state index contributed by atoms with van der Waals surface area (Å²) in [4.78, 5) is 15.3. The van der Waals surface area contributed by atoms with Crippen molar-refractivity contribution in [3.05, 3.63) is 81.7 Å². The van der Waals surface area contributed by atoms with Gasteiger partial charge in [-0.15, -0.1) is 0 Å². The highest BCUT2D eigenvalue weighted by Gasteiger charge is 2.19. The molecule has 34 heavy (non-hydrogen) atoms. The van der Waals surface area contributed by atoms with Gasteiger partial charge in [-0.1, -0.05) is 53.2 Å². The van der Waals surface area contributed by atoms with Crippen LogP contribution in [0.5, 0.6) is 17.2 Å².